The summed E-state index contributed by atoms with van der Waals surface area (Å²) < 4.78 is 16.6. The Labute approximate surface area is 140 Å². The highest BCUT2D eigenvalue weighted by atomic mass is 16.7. The van der Waals surface area contributed by atoms with Crippen LogP contribution in [0.2, 0.25) is 0 Å². The van der Waals surface area contributed by atoms with Crippen LogP contribution in [0.5, 0.6) is 0 Å². The van der Waals surface area contributed by atoms with Gasteiger partial charge < -0.3 is 19.1 Å². The molecule has 5 heteroatoms. The van der Waals surface area contributed by atoms with Crippen LogP contribution in [0.1, 0.15) is 53.4 Å². The summed E-state index contributed by atoms with van der Waals surface area (Å²) in [6, 6.07) is 0. The van der Waals surface area contributed by atoms with Gasteiger partial charge in [0.05, 0.1) is 13.2 Å². The molecule has 2 rings (SSSR count). The molecule has 132 valence electrons. The molecule has 0 radical (unpaired) electrons. The molecule has 2 aliphatic heterocycles. The first kappa shape index (κ1) is 18.3. The molecular formula is C18H31NO4. The normalized spacial score (nSPS) is 24.5. The van der Waals surface area contributed by atoms with Crippen LogP contribution in [0.15, 0.2) is 12.2 Å². The average molecular weight is 325 g/mol. The number of ether oxygens (including phenoxy) is 3. The molecule has 23 heavy (non-hydrogen) atoms. The van der Waals surface area contributed by atoms with Gasteiger partial charge in [-0.2, -0.15) is 0 Å². The number of allylic oxidation sites excluding steroid dienone is 1. The van der Waals surface area contributed by atoms with Gasteiger partial charge in [-0.05, 0) is 52.9 Å². The van der Waals surface area contributed by atoms with Crippen LogP contribution >= 0.6 is 0 Å². The Bertz CT molecular complexity index is 421. The van der Waals surface area contributed by atoms with Crippen LogP contribution in [0, 0.1) is 5.92 Å². The summed E-state index contributed by atoms with van der Waals surface area (Å²) in [5.41, 5.74) is -0.425. The minimum Gasteiger partial charge on any atom is -0.444 e. The van der Waals surface area contributed by atoms with Crippen molar-refractivity contribution in [2.45, 2.75) is 64.8 Å². The fourth-order valence-electron chi connectivity index (χ4n) is 2.97. The number of likely N-dealkylation sites (tertiary alicyclic amines) is 1. The fourth-order valence-corrected chi connectivity index (χ4v) is 2.97. The van der Waals surface area contributed by atoms with E-state index in [1.807, 2.05) is 32.6 Å². The summed E-state index contributed by atoms with van der Waals surface area (Å²) in [6.45, 7) is 10.7. The quantitative estimate of drug-likeness (QED) is 0.571. The number of carbonyl (C=O) groups is 1. The Morgan fingerprint density at radius 1 is 1.35 bits per heavy atom. The number of hydrogen-bond donors (Lipinski definition) is 0. The van der Waals surface area contributed by atoms with Crippen molar-refractivity contribution in [2.24, 2.45) is 5.92 Å². The highest BCUT2D eigenvalue weighted by Gasteiger charge is 2.30. The highest BCUT2D eigenvalue weighted by molar-refractivity contribution is 5.68. The van der Waals surface area contributed by atoms with E-state index in [4.69, 9.17) is 14.2 Å². The monoisotopic (exact) mass is 325 g/mol. The van der Waals surface area contributed by atoms with Gasteiger partial charge in [-0.15, -0.1) is 0 Å². The summed E-state index contributed by atoms with van der Waals surface area (Å²) in [6.07, 6.45) is 8.27. The third-order valence-corrected chi connectivity index (χ3v) is 4.18. The first-order valence-electron chi connectivity index (χ1n) is 8.70. The van der Waals surface area contributed by atoms with Crippen molar-refractivity contribution in [3.8, 4) is 0 Å². The van der Waals surface area contributed by atoms with Crippen LogP contribution in [-0.2, 0) is 14.2 Å². The second-order valence-electron chi connectivity index (χ2n) is 7.63. The molecule has 0 aromatic heterocycles. The first-order chi connectivity index (χ1) is 10.8. The van der Waals surface area contributed by atoms with Gasteiger partial charge in [-0.3, -0.25) is 0 Å². The first-order valence-corrected chi connectivity index (χ1v) is 8.70. The molecule has 2 aliphatic rings. The minimum absolute atomic E-state index is 0.197. The number of rotatable bonds is 5. The van der Waals surface area contributed by atoms with Crippen molar-refractivity contribution in [1.82, 2.24) is 4.90 Å². The average Bonchev–Trinajstić information content (AvgIpc) is 3.06. The van der Waals surface area contributed by atoms with Gasteiger partial charge in [0, 0.05) is 19.5 Å². The van der Waals surface area contributed by atoms with Crippen molar-refractivity contribution in [3.63, 3.8) is 0 Å². The summed E-state index contributed by atoms with van der Waals surface area (Å²) >= 11 is 0. The maximum Gasteiger partial charge on any atom is 0.410 e. The van der Waals surface area contributed by atoms with E-state index in [1.165, 1.54) is 0 Å². The van der Waals surface area contributed by atoms with Crippen LogP contribution in [-0.4, -0.2) is 48.7 Å². The van der Waals surface area contributed by atoms with E-state index in [9.17, 15) is 4.79 Å². The Kier molecular flexibility index (Phi) is 6.09. The lowest BCUT2D eigenvalue weighted by atomic mass is 10.1. The molecular weight excluding hydrogens is 294 g/mol. The molecule has 0 N–H and O–H groups in total. The summed E-state index contributed by atoms with van der Waals surface area (Å²) in [4.78, 5) is 13.8. The van der Waals surface area contributed by atoms with Gasteiger partial charge in [0.2, 0.25) is 0 Å². The van der Waals surface area contributed by atoms with E-state index < -0.39 is 5.60 Å². The van der Waals surface area contributed by atoms with Crippen molar-refractivity contribution < 1.29 is 19.0 Å². The molecule has 5 nitrogen and oxygen atoms in total. The SMILES string of the molecule is CC(C)(C)OC(=O)N1CC[C@@H](C=CCCCC2(C)OCCO2)C1. The van der Waals surface area contributed by atoms with Gasteiger partial charge in [-0.25, -0.2) is 4.79 Å². The highest BCUT2D eigenvalue weighted by Crippen LogP contribution is 2.25. The molecule has 1 amide bonds. The number of hydrogen-bond acceptors (Lipinski definition) is 4. The number of unbranched alkanes of at least 4 members (excludes halogenated alkanes) is 1. The van der Waals surface area contributed by atoms with Crippen LogP contribution in [0.3, 0.4) is 0 Å². The lowest BCUT2D eigenvalue weighted by molar-refractivity contribution is -0.147. The topological polar surface area (TPSA) is 48.0 Å². The van der Waals surface area contributed by atoms with E-state index in [0.717, 1.165) is 38.8 Å². The van der Waals surface area contributed by atoms with Gasteiger partial charge in [0.25, 0.3) is 0 Å². The molecule has 0 saturated carbocycles. The lowest BCUT2D eigenvalue weighted by Gasteiger charge is -2.24. The predicted molar refractivity (Wildman–Crippen MR) is 89.2 cm³/mol. The summed E-state index contributed by atoms with van der Waals surface area (Å²) in [7, 11) is 0. The van der Waals surface area contributed by atoms with Gasteiger partial charge in [-0.1, -0.05) is 12.2 Å². The van der Waals surface area contributed by atoms with E-state index in [2.05, 4.69) is 12.2 Å². The fraction of sp³-hybridized carbons (Fsp3) is 0.833. The Hall–Kier alpha value is -1.07. The molecule has 2 heterocycles. The third kappa shape index (κ3) is 6.15. The van der Waals surface area contributed by atoms with E-state index in [0.29, 0.717) is 19.1 Å². The number of amides is 1. The van der Waals surface area contributed by atoms with Crippen molar-refractivity contribution in [1.29, 1.82) is 0 Å². The maximum absolute atomic E-state index is 12.0. The Morgan fingerprint density at radius 2 is 2.04 bits per heavy atom. The molecule has 0 bridgehead atoms. The van der Waals surface area contributed by atoms with Gasteiger partial charge in [0.1, 0.15) is 5.60 Å². The zero-order valence-corrected chi connectivity index (χ0v) is 15.0. The predicted octanol–water partition coefficient (Wildman–Crippen LogP) is 3.73. The second kappa shape index (κ2) is 7.67. The smallest absolute Gasteiger partial charge is 0.410 e. The molecule has 1 atom stereocenters. The van der Waals surface area contributed by atoms with Crippen molar-refractivity contribution in [2.75, 3.05) is 26.3 Å². The summed E-state index contributed by atoms with van der Waals surface area (Å²) in [5.74, 6) is 0.0615. The second-order valence-corrected chi connectivity index (χ2v) is 7.63. The zero-order valence-electron chi connectivity index (χ0n) is 15.0. The van der Waals surface area contributed by atoms with E-state index in [-0.39, 0.29) is 11.9 Å². The van der Waals surface area contributed by atoms with Gasteiger partial charge >= 0.3 is 6.09 Å². The standard InChI is InChI=1S/C18H31NO4/c1-17(2,3)23-16(20)19-11-9-15(14-19)8-6-5-7-10-18(4)21-12-13-22-18/h6,8,15H,5,7,9-14H2,1-4H3/t15-/m1/s1. The molecule has 0 aromatic rings. The Balaban J connectivity index is 1.64. The van der Waals surface area contributed by atoms with Crippen molar-refractivity contribution >= 4 is 6.09 Å². The van der Waals surface area contributed by atoms with Crippen LogP contribution in [0.25, 0.3) is 0 Å². The van der Waals surface area contributed by atoms with E-state index >= 15 is 0 Å². The Morgan fingerprint density at radius 3 is 2.70 bits per heavy atom. The largest absolute Gasteiger partial charge is 0.444 e. The zero-order chi connectivity index (χ0) is 16.9. The van der Waals surface area contributed by atoms with Crippen LogP contribution < -0.4 is 0 Å². The molecule has 2 fully saturated rings. The van der Waals surface area contributed by atoms with Crippen LogP contribution in [0.4, 0.5) is 4.79 Å². The maximum atomic E-state index is 12.0. The summed E-state index contributed by atoms with van der Waals surface area (Å²) in [5, 5.41) is 0. The molecule has 0 spiro atoms. The third-order valence-electron chi connectivity index (χ3n) is 4.18. The van der Waals surface area contributed by atoms with Crippen molar-refractivity contribution in [3.05, 3.63) is 12.2 Å². The number of nitrogens with zero attached hydrogens (tertiary/aromatic N) is 1. The molecule has 0 aromatic carbocycles. The minimum atomic E-state index is -0.425. The number of carbonyl (C=O) groups excluding carboxylic acids is 1. The lowest BCUT2D eigenvalue weighted by Crippen LogP contribution is -2.35. The molecule has 0 aliphatic carbocycles. The molecule has 2 saturated heterocycles. The van der Waals surface area contributed by atoms with E-state index in [1.54, 1.807) is 0 Å². The molecule has 0 unspecified atom stereocenters. The van der Waals surface area contributed by atoms with Gasteiger partial charge in [0.15, 0.2) is 5.79 Å².